The molecule has 0 saturated carbocycles. The summed E-state index contributed by atoms with van der Waals surface area (Å²) >= 11 is 3.50. The molecule has 2 aromatic carbocycles. The summed E-state index contributed by atoms with van der Waals surface area (Å²) in [6, 6.07) is 16.2. The predicted molar refractivity (Wildman–Crippen MR) is 128 cm³/mol. The molecule has 0 spiro atoms. The second-order valence-electron chi connectivity index (χ2n) is 8.08. The van der Waals surface area contributed by atoms with Gasteiger partial charge < -0.3 is 9.80 Å². The molecule has 31 heavy (non-hydrogen) atoms. The quantitative estimate of drug-likeness (QED) is 0.544. The monoisotopic (exact) mass is 478 g/mol. The molecule has 5 nitrogen and oxygen atoms in total. The molecule has 0 atom stereocenters. The molecule has 4 rings (SSSR count). The number of carbonyl (C=O) groups excluding carboxylic acids is 1. The lowest BCUT2D eigenvalue weighted by Gasteiger charge is -2.36. The fourth-order valence-electron chi connectivity index (χ4n) is 4.02. The maximum Gasteiger partial charge on any atom is 0.255 e. The van der Waals surface area contributed by atoms with Crippen LogP contribution in [0.3, 0.4) is 0 Å². The molecule has 6 heteroatoms. The third-order valence-electron chi connectivity index (χ3n) is 5.78. The van der Waals surface area contributed by atoms with Crippen LogP contribution >= 0.6 is 15.9 Å². The van der Waals surface area contributed by atoms with Crippen molar-refractivity contribution in [1.82, 2.24) is 14.9 Å². The van der Waals surface area contributed by atoms with Crippen LogP contribution < -0.4 is 4.90 Å². The van der Waals surface area contributed by atoms with Gasteiger partial charge in [-0.05, 0) is 54.4 Å². The van der Waals surface area contributed by atoms with E-state index in [0.717, 1.165) is 41.3 Å². The van der Waals surface area contributed by atoms with E-state index in [-0.39, 0.29) is 5.91 Å². The van der Waals surface area contributed by atoms with Crippen LogP contribution in [0.15, 0.2) is 53.0 Å². The summed E-state index contributed by atoms with van der Waals surface area (Å²) in [5, 5.41) is 0. The second kappa shape index (κ2) is 9.18. The van der Waals surface area contributed by atoms with E-state index in [0.29, 0.717) is 18.7 Å². The van der Waals surface area contributed by atoms with Crippen molar-refractivity contribution in [3.8, 4) is 0 Å². The van der Waals surface area contributed by atoms with Crippen LogP contribution in [-0.4, -0.2) is 47.0 Å². The summed E-state index contributed by atoms with van der Waals surface area (Å²) in [6.45, 7) is 8.97. The van der Waals surface area contributed by atoms with Crippen LogP contribution in [0.4, 0.5) is 5.82 Å². The number of benzene rings is 2. The van der Waals surface area contributed by atoms with E-state index in [9.17, 15) is 4.79 Å². The molecule has 0 aliphatic carbocycles. The number of piperazine rings is 1. The molecule has 1 saturated heterocycles. The van der Waals surface area contributed by atoms with E-state index in [4.69, 9.17) is 4.98 Å². The second-order valence-corrected chi connectivity index (χ2v) is 8.93. The van der Waals surface area contributed by atoms with Gasteiger partial charge in [0.2, 0.25) is 0 Å². The van der Waals surface area contributed by atoms with E-state index in [1.54, 1.807) is 0 Å². The zero-order chi connectivity index (χ0) is 22.0. The molecule has 0 unspecified atom stereocenters. The highest BCUT2D eigenvalue weighted by molar-refractivity contribution is 9.10. The first-order chi connectivity index (χ1) is 14.9. The Bertz CT molecular complexity index is 1090. The summed E-state index contributed by atoms with van der Waals surface area (Å²) in [4.78, 5) is 26.6. The fraction of sp³-hybridized carbons (Fsp3) is 0.320. The smallest absolute Gasteiger partial charge is 0.255 e. The summed E-state index contributed by atoms with van der Waals surface area (Å²) in [5.74, 6) is 1.85. The molecule has 1 aliphatic rings. The molecule has 2 heterocycles. The van der Waals surface area contributed by atoms with Crippen molar-refractivity contribution in [3.63, 3.8) is 0 Å². The maximum atomic E-state index is 13.0. The van der Waals surface area contributed by atoms with Gasteiger partial charge in [-0.2, -0.15) is 0 Å². The van der Waals surface area contributed by atoms with Crippen molar-refractivity contribution in [1.29, 1.82) is 0 Å². The Morgan fingerprint density at radius 3 is 2.29 bits per heavy atom. The number of amides is 1. The number of aromatic nitrogens is 2. The number of hydrogen-bond donors (Lipinski definition) is 0. The van der Waals surface area contributed by atoms with Gasteiger partial charge in [0.1, 0.15) is 11.6 Å². The highest BCUT2D eigenvalue weighted by Gasteiger charge is 2.26. The number of halogens is 1. The predicted octanol–water partition coefficient (Wildman–Crippen LogP) is 4.72. The lowest BCUT2D eigenvalue weighted by molar-refractivity contribution is 0.0745. The minimum Gasteiger partial charge on any atom is -0.353 e. The van der Waals surface area contributed by atoms with Gasteiger partial charge in [0, 0.05) is 48.3 Å². The van der Waals surface area contributed by atoms with Gasteiger partial charge in [-0.1, -0.05) is 42.0 Å². The van der Waals surface area contributed by atoms with E-state index in [1.807, 2.05) is 36.1 Å². The lowest BCUT2D eigenvalue weighted by Crippen LogP contribution is -2.49. The van der Waals surface area contributed by atoms with Crippen molar-refractivity contribution in [2.75, 3.05) is 31.1 Å². The standard InChI is InChI=1S/C25H27BrN4O/c1-17-8-10-20(11-9-17)16-22-18(2)27-19(3)28-24(22)29-12-14-30(15-13-29)25(31)21-6-4-5-7-23(21)26/h4-11H,12-16H2,1-3H3. The summed E-state index contributed by atoms with van der Waals surface area (Å²) in [6.07, 6.45) is 0.803. The van der Waals surface area contributed by atoms with E-state index < -0.39 is 0 Å². The third kappa shape index (κ3) is 4.79. The van der Waals surface area contributed by atoms with Crippen LogP contribution in [0.2, 0.25) is 0 Å². The van der Waals surface area contributed by atoms with Crippen molar-refractivity contribution in [2.24, 2.45) is 0 Å². The first kappa shape index (κ1) is 21.5. The van der Waals surface area contributed by atoms with Crippen LogP contribution in [0.5, 0.6) is 0 Å². The average Bonchev–Trinajstić information content (AvgIpc) is 2.77. The minimum absolute atomic E-state index is 0.0713. The Hall–Kier alpha value is -2.73. The maximum absolute atomic E-state index is 13.0. The first-order valence-corrected chi connectivity index (χ1v) is 11.4. The molecule has 1 aliphatic heterocycles. The summed E-state index contributed by atoms with van der Waals surface area (Å²) < 4.78 is 0.838. The van der Waals surface area contributed by atoms with Crippen LogP contribution in [0, 0.1) is 20.8 Å². The average molecular weight is 479 g/mol. The van der Waals surface area contributed by atoms with Gasteiger partial charge in [0.05, 0.1) is 5.56 Å². The summed E-state index contributed by atoms with van der Waals surface area (Å²) in [5.41, 5.74) is 5.41. The van der Waals surface area contributed by atoms with Crippen molar-refractivity contribution in [2.45, 2.75) is 27.2 Å². The van der Waals surface area contributed by atoms with Crippen LogP contribution in [-0.2, 0) is 6.42 Å². The Morgan fingerprint density at radius 2 is 1.61 bits per heavy atom. The molecular weight excluding hydrogens is 452 g/mol. The molecule has 1 fully saturated rings. The lowest BCUT2D eigenvalue weighted by atomic mass is 10.0. The van der Waals surface area contributed by atoms with Crippen LogP contribution in [0.25, 0.3) is 0 Å². The van der Waals surface area contributed by atoms with Gasteiger partial charge in [-0.3, -0.25) is 4.79 Å². The molecule has 0 N–H and O–H groups in total. The fourth-order valence-corrected chi connectivity index (χ4v) is 4.48. The molecule has 160 valence electrons. The van der Waals surface area contributed by atoms with E-state index in [1.165, 1.54) is 16.7 Å². The Morgan fingerprint density at radius 1 is 0.935 bits per heavy atom. The largest absolute Gasteiger partial charge is 0.353 e. The summed E-state index contributed by atoms with van der Waals surface area (Å²) in [7, 11) is 0. The topological polar surface area (TPSA) is 49.3 Å². The van der Waals surface area contributed by atoms with Gasteiger partial charge >= 0.3 is 0 Å². The normalized spacial score (nSPS) is 14.1. The molecule has 3 aromatic rings. The first-order valence-electron chi connectivity index (χ1n) is 10.6. The molecule has 0 bridgehead atoms. The highest BCUT2D eigenvalue weighted by Crippen LogP contribution is 2.26. The number of aryl methyl sites for hydroxylation is 3. The molecule has 1 aromatic heterocycles. The zero-order valence-corrected chi connectivity index (χ0v) is 19.8. The third-order valence-corrected chi connectivity index (χ3v) is 6.47. The van der Waals surface area contributed by atoms with Crippen molar-refractivity contribution in [3.05, 3.63) is 86.8 Å². The number of carbonyl (C=O) groups is 1. The van der Waals surface area contributed by atoms with Crippen molar-refractivity contribution < 1.29 is 4.79 Å². The molecule has 1 amide bonds. The number of hydrogen-bond acceptors (Lipinski definition) is 4. The SMILES string of the molecule is Cc1ccc(Cc2c(C)nc(C)nc2N2CCN(C(=O)c3ccccc3Br)CC2)cc1. The Kier molecular flexibility index (Phi) is 6.37. The highest BCUT2D eigenvalue weighted by atomic mass is 79.9. The number of rotatable bonds is 4. The zero-order valence-electron chi connectivity index (χ0n) is 18.2. The van der Waals surface area contributed by atoms with Crippen molar-refractivity contribution >= 4 is 27.7 Å². The Balaban J connectivity index is 1.53. The molecule has 0 radical (unpaired) electrons. The van der Waals surface area contributed by atoms with E-state index >= 15 is 0 Å². The Labute approximate surface area is 192 Å². The number of nitrogens with zero attached hydrogens (tertiary/aromatic N) is 4. The number of anilines is 1. The van der Waals surface area contributed by atoms with Gasteiger partial charge in [0.15, 0.2) is 0 Å². The molecular formula is C25H27BrN4O. The van der Waals surface area contributed by atoms with Gasteiger partial charge in [0.25, 0.3) is 5.91 Å². The minimum atomic E-state index is 0.0713. The van der Waals surface area contributed by atoms with Crippen LogP contribution in [0.1, 0.15) is 38.6 Å². The van der Waals surface area contributed by atoms with Gasteiger partial charge in [-0.15, -0.1) is 0 Å². The van der Waals surface area contributed by atoms with E-state index in [2.05, 4.69) is 63.9 Å². The van der Waals surface area contributed by atoms with Gasteiger partial charge in [-0.25, -0.2) is 9.97 Å².